The maximum Gasteiger partial charge on any atom is 0.246 e. The van der Waals surface area contributed by atoms with Gasteiger partial charge in [-0.25, -0.2) is 0 Å². The van der Waals surface area contributed by atoms with Crippen molar-refractivity contribution in [3.63, 3.8) is 0 Å². The molecule has 3 rings (SSSR count). The summed E-state index contributed by atoms with van der Waals surface area (Å²) in [5.74, 6) is -0.195. The Morgan fingerprint density at radius 1 is 1.09 bits per heavy atom. The number of nitrogens with zero attached hydrogens (tertiary/aromatic N) is 2. The van der Waals surface area contributed by atoms with Crippen LogP contribution in [0, 0.1) is 0 Å². The van der Waals surface area contributed by atoms with Gasteiger partial charge in [0, 0.05) is 12.1 Å². The van der Waals surface area contributed by atoms with Crippen LogP contribution in [0.15, 0.2) is 48.5 Å². The average molecular weight is 315 g/mol. The van der Waals surface area contributed by atoms with Crippen LogP contribution in [0.4, 0.5) is 11.4 Å². The quantitative estimate of drug-likeness (QED) is 0.855. The van der Waals surface area contributed by atoms with Gasteiger partial charge >= 0.3 is 0 Å². The van der Waals surface area contributed by atoms with E-state index in [1.165, 1.54) is 0 Å². The fraction of sp³-hybridized carbons (Fsp3) is 0.176. The Hall–Kier alpha value is -2.33. The standard InChI is InChI=1S/C17H15ClN2O2/c1-19-14-4-2-3-5-15(14)20(11-17(19)22)16(21)10-12-6-8-13(18)9-7-12/h2-9H,10-11H2,1H3. The van der Waals surface area contributed by atoms with Gasteiger partial charge in [-0.1, -0.05) is 35.9 Å². The molecule has 1 aliphatic rings. The fourth-order valence-electron chi connectivity index (χ4n) is 2.53. The van der Waals surface area contributed by atoms with E-state index >= 15 is 0 Å². The maximum atomic E-state index is 12.6. The lowest BCUT2D eigenvalue weighted by Crippen LogP contribution is -2.47. The molecule has 1 heterocycles. The van der Waals surface area contributed by atoms with E-state index in [2.05, 4.69) is 0 Å². The number of anilines is 2. The van der Waals surface area contributed by atoms with Crippen molar-refractivity contribution in [2.75, 3.05) is 23.4 Å². The van der Waals surface area contributed by atoms with Crippen LogP contribution in [0.25, 0.3) is 0 Å². The number of para-hydroxylation sites is 2. The van der Waals surface area contributed by atoms with Crippen molar-refractivity contribution < 1.29 is 9.59 Å². The molecule has 2 amide bonds. The zero-order chi connectivity index (χ0) is 15.7. The summed E-state index contributed by atoms with van der Waals surface area (Å²) in [4.78, 5) is 27.8. The maximum absolute atomic E-state index is 12.6. The largest absolute Gasteiger partial charge is 0.312 e. The van der Waals surface area contributed by atoms with E-state index in [4.69, 9.17) is 11.6 Å². The van der Waals surface area contributed by atoms with Crippen molar-refractivity contribution in [3.05, 3.63) is 59.1 Å². The van der Waals surface area contributed by atoms with Gasteiger partial charge < -0.3 is 9.80 Å². The molecule has 0 saturated carbocycles. The van der Waals surface area contributed by atoms with Crippen molar-refractivity contribution in [1.29, 1.82) is 0 Å². The average Bonchev–Trinajstić information content (AvgIpc) is 2.53. The van der Waals surface area contributed by atoms with Gasteiger partial charge in [0.15, 0.2) is 0 Å². The van der Waals surface area contributed by atoms with Gasteiger partial charge in [0.1, 0.15) is 6.54 Å². The van der Waals surface area contributed by atoms with E-state index in [-0.39, 0.29) is 24.8 Å². The van der Waals surface area contributed by atoms with Crippen LogP contribution < -0.4 is 9.80 Å². The number of hydrogen-bond acceptors (Lipinski definition) is 2. The van der Waals surface area contributed by atoms with E-state index in [1.54, 1.807) is 29.0 Å². The first-order chi connectivity index (χ1) is 10.6. The van der Waals surface area contributed by atoms with E-state index in [9.17, 15) is 9.59 Å². The molecule has 0 atom stereocenters. The molecule has 0 bridgehead atoms. The molecule has 0 spiro atoms. The molecule has 2 aromatic carbocycles. The monoisotopic (exact) mass is 314 g/mol. The molecule has 22 heavy (non-hydrogen) atoms. The molecular weight excluding hydrogens is 300 g/mol. The Labute approximate surface area is 133 Å². The van der Waals surface area contributed by atoms with Gasteiger partial charge in [-0.15, -0.1) is 0 Å². The molecule has 0 aliphatic carbocycles. The summed E-state index contributed by atoms with van der Waals surface area (Å²) in [5, 5.41) is 0.635. The Balaban J connectivity index is 1.88. The van der Waals surface area contributed by atoms with Gasteiger partial charge in [0.05, 0.1) is 17.8 Å². The van der Waals surface area contributed by atoms with E-state index < -0.39 is 0 Å². The van der Waals surface area contributed by atoms with Crippen LogP contribution in [-0.4, -0.2) is 25.4 Å². The van der Waals surface area contributed by atoms with Crippen molar-refractivity contribution in [3.8, 4) is 0 Å². The lowest BCUT2D eigenvalue weighted by molar-refractivity contribution is -0.122. The third kappa shape index (κ3) is 2.70. The lowest BCUT2D eigenvalue weighted by Gasteiger charge is -2.34. The molecular formula is C17H15ClN2O2. The summed E-state index contributed by atoms with van der Waals surface area (Å²) in [6.45, 7) is 0.0694. The third-order valence-corrected chi connectivity index (χ3v) is 4.02. The topological polar surface area (TPSA) is 40.6 Å². The number of hydrogen-bond donors (Lipinski definition) is 0. The zero-order valence-corrected chi connectivity index (χ0v) is 12.9. The highest BCUT2D eigenvalue weighted by molar-refractivity contribution is 6.30. The zero-order valence-electron chi connectivity index (χ0n) is 12.1. The fourth-order valence-corrected chi connectivity index (χ4v) is 2.66. The van der Waals surface area contributed by atoms with Crippen molar-refractivity contribution in [2.45, 2.75) is 6.42 Å². The van der Waals surface area contributed by atoms with Crippen molar-refractivity contribution >= 4 is 34.8 Å². The number of amides is 2. The minimum atomic E-state index is -0.101. The van der Waals surface area contributed by atoms with E-state index in [1.807, 2.05) is 36.4 Å². The van der Waals surface area contributed by atoms with Crippen LogP contribution in [0.1, 0.15) is 5.56 Å². The number of benzene rings is 2. The number of carbonyl (C=O) groups is 2. The Bertz CT molecular complexity index is 728. The molecule has 0 N–H and O–H groups in total. The first-order valence-electron chi connectivity index (χ1n) is 6.96. The predicted octanol–water partition coefficient (Wildman–Crippen LogP) is 2.89. The van der Waals surface area contributed by atoms with Gasteiger partial charge in [-0.3, -0.25) is 9.59 Å². The van der Waals surface area contributed by atoms with Gasteiger partial charge in [0.25, 0.3) is 0 Å². The summed E-state index contributed by atoms with van der Waals surface area (Å²) in [6, 6.07) is 14.6. The van der Waals surface area contributed by atoms with Crippen LogP contribution in [-0.2, 0) is 16.0 Å². The number of fused-ring (bicyclic) bond motifs is 1. The molecule has 1 aliphatic heterocycles. The lowest BCUT2D eigenvalue weighted by atomic mass is 10.1. The highest BCUT2D eigenvalue weighted by Gasteiger charge is 2.30. The summed E-state index contributed by atoms with van der Waals surface area (Å²) < 4.78 is 0. The van der Waals surface area contributed by atoms with Crippen LogP contribution in [0.3, 0.4) is 0 Å². The molecule has 2 aromatic rings. The van der Waals surface area contributed by atoms with Crippen molar-refractivity contribution in [1.82, 2.24) is 0 Å². The summed E-state index contributed by atoms with van der Waals surface area (Å²) in [6.07, 6.45) is 0.239. The minimum absolute atomic E-state index is 0.0694. The summed E-state index contributed by atoms with van der Waals surface area (Å²) in [5.41, 5.74) is 2.39. The highest BCUT2D eigenvalue weighted by atomic mass is 35.5. The van der Waals surface area contributed by atoms with Crippen LogP contribution in [0.5, 0.6) is 0 Å². The predicted molar refractivity (Wildman–Crippen MR) is 87.4 cm³/mol. The summed E-state index contributed by atoms with van der Waals surface area (Å²) in [7, 11) is 1.72. The Kier molecular flexibility index (Phi) is 3.86. The first kappa shape index (κ1) is 14.6. The van der Waals surface area contributed by atoms with Gasteiger partial charge in [-0.2, -0.15) is 0 Å². The number of carbonyl (C=O) groups excluding carboxylic acids is 2. The molecule has 0 fully saturated rings. The smallest absolute Gasteiger partial charge is 0.246 e. The normalized spacial score (nSPS) is 14.0. The molecule has 0 radical (unpaired) electrons. The number of rotatable bonds is 2. The Morgan fingerprint density at radius 3 is 2.41 bits per heavy atom. The molecule has 4 nitrogen and oxygen atoms in total. The SMILES string of the molecule is CN1C(=O)CN(C(=O)Cc2ccc(Cl)cc2)c2ccccc21. The first-order valence-corrected chi connectivity index (χ1v) is 7.34. The van der Waals surface area contributed by atoms with Crippen LogP contribution >= 0.6 is 11.6 Å². The van der Waals surface area contributed by atoms with E-state index in [0.717, 1.165) is 16.9 Å². The molecule has 112 valence electrons. The second-order valence-corrected chi connectivity index (χ2v) is 5.66. The second kappa shape index (κ2) is 5.81. The molecule has 0 saturated heterocycles. The minimum Gasteiger partial charge on any atom is -0.312 e. The van der Waals surface area contributed by atoms with Crippen molar-refractivity contribution in [2.24, 2.45) is 0 Å². The Morgan fingerprint density at radius 2 is 1.73 bits per heavy atom. The van der Waals surface area contributed by atoms with Crippen LogP contribution in [0.2, 0.25) is 5.02 Å². The van der Waals surface area contributed by atoms with Gasteiger partial charge in [-0.05, 0) is 29.8 Å². The number of halogens is 1. The molecule has 0 unspecified atom stereocenters. The highest BCUT2D eigenvalue weighted by Crippen LogP contribution is 2.32. The third-order valence-electron chi connectivity index (χ3n) is 3.77. The summed E-state index contributed by atoms with van der Waals surface area (Å²) >= 11 is 5.85. The molecule has 5 heteroatoms. The second-order valence-electron chi connectivity index (χ2n) is 5.22. The number of likely N-dealkylation sites (N-methyl/N-ethyl adjacent to an activating group) is 1. The van der Waals surface area contributed by atoms with Gasteiger partial charge in [0.2, 0.25) is 11.8 Å². The van der Waals surface area contributed by atoms with E-state index in [0.29, 0.717) is 5.02 Å². The molecule has 0 aromatic heterocycles.